The molecular formula is C20H17ClN2O7S2. The molecular weight excluding hydrogens is 480 g/mol. The van der Waals surface area contributed by atoms with Crippen LogP contribution >= 0.6 is 22.9 Å². The first-order valence-electron chi connectivity index (χ1n) is 9.11. The fourth-order valence-corrected chi connectivity index (χ4v) is 5.80. The number of hydrogen-bond donors (Lipinski definition) is 3. The number of nitro groups is 1. The zero-order valence-electron chi connectivity index (χ0n) is 16.2. The Morgan fingerprint density at radius 2 is 1.78 bits per heavy atom. The summed E-state index contributed by atoms with van der Waals surface area (Å²) >= 11 is 7.08. The third-order valence-corrected chi connectivity index (χ3v) is 7.95. The molecule has 4 rings (SSSR count). The van der Waals surface area contributed by atoms with Gasteiger partial charge in [-0.3, -0.25) is 10.1 Å². The molecule has 9 nitrogen and oxygen atoms in total. The van der Waals surface area contributed by atoms with Gasteiger partial charge in [-0.1, -0.05) is 35.9 Å². The average Bonchev–Trinajstić information content (AvgIpc) is 3.28. The standard InChI is InChI=1S/C19H15ClN2O4S2.CH2O3/c20-14-6-4-12(5-7-14)18-8-9-19(27-18)28(25,26)21-17-11-16(17)13-2-1-3-15(10-13)22(23)24;2-1(3)4/h1-10,16-17,21H,11H2;(H2,2,3,4)/t16-,17+;/m1./s1. The second-order valence-corrected chi connectivity index (χ2v) is 10.3. The minimum Gasteiger partial charge on any atom is -0.450 e. The smallest absolute Gasteiger partial charge is 0.450 e. The van der Waals surface area contributed by atoms with Gasteiger partial charge < -0.3 is 10.2 Å². The van der Waals surface area contributed by atoms with Crippen molar-refractivity contribution in [3.63, 3.8) is 0 Å². The van der Waals surface area contributed by atoms with E-state index in [1.807, 2.05) is 12.1 Å². The molecule has 1 aliphatic carbocycles. The van der Waals surface area contributed by atoms with Crippen LogP contribution in [0.4, 0.5) is 10.5 Å². The van der Waals surface area contributed by atoms with Gasteiger partial charge >= 0.3 is 6.16 Å². The van der Waals surface area contributed by atoms with Crippen molar-refractivity contribution in [3.05, 3.63) is 81.4 Å². The Bertz CT molecular complexity index is 1240. The average molecular weight is 497 g/mol. The Hall–Kier alpha value is -2.99. The van der Waals surface area contributed by atoms with Gasteiger partial charge in [0.15, 0.2) is 0 Å². The largest absolute Gasteiger partial charge is 0.503 e. The first-order valence-corrected chi connectivity index (χ1v) is 11.8. The molecule has 2 aromatic carbocycles. The molecule has 1 fully saturated rings. The summed E-state index contributed by atoms with van der Waals surface area (Å²) in [4.78, 5) is 19.9. The van der Waals surface area contributed by atoms with Gasteiger partial charge in [0.25, 0.3) is 5.69 Å². The van der Waals surface area contributed by atoms with Crippen molar-refractivity contribution in [3.8, 4) is 10.4 Å². The Labute approximate surface area is 192 Å². The van der Waals surface area contributed by atoms with E-state index in [4.69, 9.17) is 26.6 Å². The first kappa shape index (κ1) is 23.7. The van der Waals surface area contributed by atoms with Crippen molar-refractivity contribution in [1.29, 1.82) is 0 Å². The summed E-state index contributed by atoms with van der Waals surface area (Å²) in [6.07, 6.45) is -1.21. The third kappa shape index (κ3) is 6.04. The Balaban J connectivity index is 0.000000668. The molecule has 12 heteroatoms. The van der Waals surface area contributed by atoms with E-state index in [2.05, 4.69) is 4.72 Å². The van der Waals surface area contributed by atoms with Crippen LogP contribution in [-0.2, 0) is 10.0 Å². The lowest BCUT2D eigenvalue weighted by Gasteiger charge is -2.05. The molecule has 32 heavy (non-hydrogen) atoms. The van der Waals surface area contributed by atoms with Crippen LogP contribution in [0.2, 0.25) is 5.02 Å². The highest BCUT2D eigenvalue weighted by Gasteiger charge is 2.42. The summed E-state index contributed by atoms with van der Waals surface area (Å²) in [5, 5.41) is 25.5. The highest BCUT2D eigenvalue weighted by Crippen LogP contribution is 2.43. The van der Waals surface area contributed by atoms with E-state index in [1.165, 1.54) is 23.5 Å². The molecule has 1 aromatic heterocycles. The SMILES string of the molecule is O=C(O)O.O=[N+]([O-])c1cccc([C@H]2C[C@@H]2NS(=O)(=O)c2ccc(-c3ccc(Cl)cc3)s2)c1. The van der Waals surface area contributed by atoms with Crippen LogP contribution in [0, 0.1) is 10.1 Å². The molecule has 0 bridgehead atoms. The number of sulfonamides is 1. The number of hydrogen-bond acceptors (Lipinski definition) is 6. The quantitative estimate of drug-likeness (QED) is 0.320. The number of nitro benzene ring substituents is 1. The van der Waals surface area contributed by atoms with Crippen LogP contribution in [0.5, 0.6) is 0 Å². The van der Waals surface area contributed by atoms with E-state index in [0.29, 0.717) is 11.4 Å². The van der Waals surface area contributed by atoms with Gasteiger partial charge in [0.05, 0.1) is 4.92 Å². The van der Waals surface area contributed by atoms with Crippen molar-refractivity contribution >= 4 is 44.8 Å². The number of halogens is 1. The number of rotatable bonds is 6. The van der Waals surface area contributed by atoms with Crippen molar-refractivity contribution < 1.29 is 28.3 Å². The van der Waals surface area contributed by atoms with Crippen LogP contribution in [0.25, 0.3) is 10.4 Å². The Morgan fingerprint density at radius 1 is 1.12 bits per heavy atom. The summed E-state index contributed by atoms with van der Waals surface area (Å²) in [6, 6.07) is 16.6. The van der Waals surface area contributed by atoms with Crippen molar-refractivity contribution in [2.24, 2.45) is 0 Å². The van der Waals surface area contributed by atoms with Gasteiger partial charge in [-0.05, 0) is 41.8 Å². The molecule has 1 heterocycles. The summed E-state index contributed by atoms with van der Waals surface area (Å²) in [6.45, 7) is 0. The predicted octanol–water partition coefficient (Wildman–Crippen LogP) is 5.03. The maximum atomic E-state index is 12.7. The molecule has 1 saturated carbocycles. The lowest BCUT2D eigenvalue weighted by Crippen LogP contribution is -2.26. The maximum Gasteiger partial charge on any atom is 0.503 e. The van der Waals surface area contributed by atoms with Gasteiger partial charge in [0.1, 0.15) is 4.21 Å². The van der Waals surface area contributed by atoms with E-state index in [9.17, 15) is 18.5 Å². The van der Waals surface area contributed by atoms with E-state index >= 15 is 0 Å². The third-order valence-electron chi connectivity index (χ3n) is 4.58. The zero-order valence-corrected chi connectivity index (χ0v) is 18.6. The molecule has 1 aliphatic rings. The monoisotopic (exact) mass is 496 g/mol. The number of carboxylic acid groups (broad SMARTS) is 2. The molecule has 0 unspecified atom stereocenters. The fourth-order valence-electron chi connectivity index (χ4n) is 3.05. The van der Waals surface area contributed by atoms with E-state index in [-0.39, 0.29) is 21.9 Å². The lowest BCUT2D eigenvalue weighted by molar-refractivity contribution is -0.384. The Morgan fingerprint density at radius 3 is 2.41 bits per heavy atom. The summed E-state index contributed by atoms with van der Waals surface area (Å²) in [5.41, 5.74) is 1.68. The molecule has 168 valence electrons. The highest BCUT2D eigenvalue weighted by molar-refractivity contribution is 7.91. The van der Waals surface area contributed by atoms with Crippen molar-refractivity contribution in [1.82, 2.24) is 4.72 Å². The number of benzene rings is 2. The molecule has 0 aliphatic heterocycles. The molecule has 0 amide bonds. The van der Waals surface area contributed by atoms with Crippen LogP contribution in [0.1, 0.15) is 17.9 Å². The predicted molar refractivity (Wildman–Crippen MR) is 120 cm³/mol. The number of carbonyl (C=O) groups is 1. The topological polar surface area (TPSA) is 147 Å². The van der Waals surface area contributed by atoms with Gasteiger partial charge in [0, 0.05) is 34.0 Å². The van der Waals surface area contributed by atoms with Gasteiger partial charge in [-0.15, -0.1) is 11.3 Å². The Kier molecular flexibility index (Phi) is 7.14. The first-order chi connectivity index (χ1) is 15.1. The molecule has 2 atom stereocenters. The maximum absolute atomic E-state index is 12.7. The fraction of sp³-hybridized carbons (Fsp3) is 0.150. The minimum atomic E-state index is -3.65. The number of nitrogens with zero attached hydrogens (tertiary/aromatic N) is 1. The van der Waals surface area contributed by atoms with Gasteiger partial charge in [-0.25, -0.2) is 17.9 Å². The minimum absolute atomic E-state index is 0.0110. The van der Waals surface area contributed by atoms with E-state index in [0.717, 1.165) is 16.0 Å². The summed E-state index contributed by atoms with van der Waals surface area (Å²) < 4.78 is 28.4. The molecule has 0 saturated heterocycles. The van der Waals surface area contributed by atoms with Crippen LogP contribution in [0.3, 0.4) is 0 Å². The second kappa shape index (κ2) is 9.65. The van der Waals surface area contributed by atoms with Crippen LogP contribution < -0.4 is 4.72 Å². The van der Waals surface area contributed by atoms with E-state index < -0.39 is 21.1 Å². The molecule has 0 spiro atoms. The van der Waals surface area contributed by atoms with E-state index in [1.54, 1.807) is 36.4 Å². The van der Waals surface area contributed by atoms with Crippen LogP contribution in [-0.4, -0.2) is 35.8 Å². The highest BCUT2D eigenvalue weighted by atomic mass is 35.5. The van der Waals surface area contributed by atoms with Crippen molar-refractivity contribution in [2.45, 2.75) is 22.6 Å². The number of non-ortho nitro benzene ring substituents is 1. The number of nitrogens with one attached hydrogen (secondary N) is 1. The summed E-state index contributed by atoms with van der Waals surface area (Å²) in [5.74, 6) is -0.0506. The number of thiophene rings is 1. The normalized spacial score (nSPS) is 17.2. The lowest BCUT2D eigenvalue weighted by atomic mass is 10.1. The van der Waals surface area contributed by atoms with Crippen molar-refractivity contribution in [2.75, 3.05) is 0 Å². The van der Waals surface area contributed by atoms with Gasteiger partial charge in [0.2, 0.25) is 10.0 Å². The molecule has 0 radical (unpaired) electrons. The van der Waals surface area contributed by atoms with Gasteiger partial charge in [-0.2, -0.15) is 0 Å². The zero-order chi connectivity index (χ0) is 23.5. The second-order valence-electron chi connectivity index (χ2n) is 6.83. The summed E-state index contributed by atoms with van der Waals surface area (Å²) in [7, 11) is -3.65. The molecule has 3 N–H and O–H groups in total. The van der Waals surface area contributed by atoms with Crippen LogP contribution in [0.15, 0.2) is 64.9 Å². The molecule has 3 aromatic rings.